The van der Waals surface area contributed by atoms with Crippen molar-refractivity contribution in [1.29, 1.82) is 0 Å². The highest BCUT2D eigenvalue weighted by Crippen LogP contribution is 2.46. The van der Waals surface area contributed by atoms with Gasteiger partial charge >= 0.3 is 11.9 Å². The Bertz CT molecular complexity index is 786. The van der Waals surface area contributed by atoms with Crippen molar-refractivity contribution in [3.05, 3.63) is 71.9 Å². The van der Waals surface area contributed by atoms with Crippen molar-refractivity contribution >= 4 is 11.9 Å². The van der Waals surface area contributed by atoms with Gasteiger partial charge in [0.05, 0.1) is 11.1 Å². The molecule has 0 amide bonds. The molecule has 4 atom stereocenters. The van der Waals surface area contributed by atoms with Crippen LogP contribution in [0.4, 0.5) is 0 Å². The van der Waals surface area contributed by atoms with Gasteiger partial charge in [0.1, 0.15) is 11.2 Å². The molecule has 0 radical (unpaired) electrons. The number of ether oxygens (including phenoxy) is 2. The van der Waals surface area contributed by atoms with Crippen molar-refractivity contribution in [2.24, 2.45) is 11.8 Å². The van der Waals surface area contributed by atoms with Crippen LogP contribution in [0.1, 0.15) is 33.1 Å². The molecule has 0 N–H and O–H groups in total. The molecule has 2 bridgehead atoms. The quantitative estimate of drug-likeness (QED) is 0.556. The lowest BCUT2D eigenvalue weighted by Crippen LogP contribution is -2.34. The van der Waals surface area contributed by atoms with Gasteiger partial charge in [0, 0.05) is 24.7 Å². The van der Waals surface area contributed by atoms with E-state index in [4.69, 9.17) is 9.47 Å². The Hall–Kier alpha value is -2.62. The summed E-state index contributed by atoms with van der Waals surface area (Å²) < 4.78 is 11.6. The minimum absolute atomic E-state index is 0.0636. The normalized spacial score (nSPS) is 35.8. The molecule has 4 aliphatic rings. The second-order valence-corrected chi connectivity index (χ2v) is 8.05. The maximum absolute atomic E-state index is 13.0. The van der Waals surface area contributed by atoms with Gasteiger partial charge in [-0.05, 0) is 32.4 Å². The van der Waals surface area contributed by atoms with E-state index in [1.807, 2.05) is 74.6 Å². The van der Waals surface area contributed by atoms with Crippen LogP contribution in [0.2, 0.25) is 0 Å². The smallest absolute Gasteiger partial charge is 0.336 e. The number of esters is 2. The van der Waals surface area contributed by atoms with E-state index < -0.39 is 23.1 Å². The van der Waals surface area contributed by atoms with Gasteiger partial charge < -0.3 is 9.47 Å². The molecule has 4 aliphatic carbocycles. The second kappa shape index (κ2) is 6.52. The van der Waals surface area contributed by atoms with Crippen molar-refractivity contribution in [2.45, 2.75) is 44.3 Å². The molecule has 4 unspecified atom stereocenters. The number of fused-ring (bicyclic) bond motifs is 2. The molecular weight excluding hydrogens is 340 g/mol. The minimum Gasteiger partial charge on any atom is -0.451 e. The third-order valence-electron chi connectivity index (χ3n) is 5.65. The molecular formula is C23H24O4. The molecule has 140 valence electrons. The van der Waals surface area contributed by atoms with Gasteiger partial charge in [0.25, 0.3) is 0 Å². The summed E-state index contributed by atoms with van der Waals surface area (Å²) in [5.41, 5.74) is -0.420. The number of carbonyl (C=O) groups excluding carboxylic acids is 2. The summed E-state index contributed by atoms with van der Waals surface area (Å²) in [7, 11) is 0. The first-order chi connectivity index (χ1) is 12.9. The van der Waals surface area contributed by atoms with Crippen LogP contribution in [0.3, 0.4) is 0 Å². The average Bonchev–Trinajstić information content (AvgIpc) is 3.23. The number of rotatable bonds is 4. The summed E-state index contributed by atoms with van der Waals surface area (Å²) in [6, 6.07) is 0. The van der Waals surface area contributed by atoms with E-state index in [1.54, 1.807) is 0 Å². The van der Waals surface area contributed by atoms with E-state index in [2.05, 4.69) is 0 Å². The fourth-order valence-electron chi connectivity index (χ4n) is 4.15. The van der Waals surface area contributed by atoms with Gasteiger partial charge in [-0.1, -0.05) is 48.6 Å². The highest BCUT2D eigenvalue weighted by Gasteiger charge is 2.45. The molecule has 0 saturated carbocycles. The lowest BCUT2D eigenvalue weighted by molar-refractivity contribution is -0.152. The zero-order valence-electron chi connectivity index (χ0n) is 15.7. The van der Waals surface area contributed by atoms with Gasteiger partial charge in [-0.2, -0.15) is 0 Å². The summed E-state index contributed by atoms with van der Waals surface area (Å²) >= 11 is 0. The van der Waals surface area contributed by atoms with Crippen LogP contribution in [0.5, 0.6) is 0 Å². The van der Waals surface area contributed by atoms with Crippen molar-refractivity contribution in [3.8, 4) is 0 Å². The maximum atomic E-state index is 13.0. The molecule has 0 fully saturated rings. The largest absolute Gasteiger partial charge is 0.451 e. The SMILES string of the molecule is CC1(OC(=O)C2=C(C(=O)OC3(C)C=CC=CC3)C3C=CC2C3)C=CC=CC1. The van der Waals surface area contributed by atoms with E-state index in [9.17, 15) is 9.59 Å². The minimum atomic E-state index is -0.678. The standard InChI is InChI=1S/C23H24O4/c1-22(11-5-3-6-12-22)26-20(24)18-16-9-10-17(15-16)19(18)21(25)27-23(2)13-7-4-8-14-23/h3-11,13,16-17H,12,14-15H2,1-2H3. The van der Waals surface area contributed by atoms with Crippen molar-refractivity contribution < 1.29 is 19.1 Å². The summed E-state index contributed by atoms with van der Waals surface area (Å²) in [5.74, 6) is -0.950. The Morgan fingerprint density at radius 3 is 1.63 bits per heavy atom. The molecule has 0 saturated heterocycles. The molecule has 0 heterocycles. The molecule has 0 aliphatic heterocycles. The first-order valence-electron chi connectivity index (χ1n) is 9.47. The Balaban J connectivity index is 1.57. The Morgan fingerprint density at radius 2 is 1.26 bits per heavy atom. The summed E-state index contributed by atoms with van der Waals surface area (Å²) in [4.78, 5) is 26.0. The third-order valence-corrected chi connectivity index (χ3v) is 5.65. The lowest BCUT2D eigenvalue weighted by Gasteiger charge is -2.29. The average molecular weight is 364 g/mol. The van der Waals surface area contributed by atoms with E-state index in [-0.39, 0.29) is 11.8 Å². The van der Waals surface area contributed by atoms with Crippen molar-refractivity contribution in [3.63, 3.8) is 0 Å². The maximum Gasteiger partial charge on any atom is 0.336 e. The van der Waals surface area contributed by atoms with Crippen LogP contribution in [0.25, 0.3) is 0 Å². The molecule has 0 aromatic heterocycles. The fourth-order valence-corrected chi connectivity index (χ4v) is 4.15. The highest BCUT2D eigenvalue weighted by atomic mass is 16.6. The Kier molecular flexibility index (Phi) is 4.29. The van der Waals surface area contributed by atoms with E-state index >= 15 is 0 Å². The molecule has 0 aromatic rings. The summed E-state index contributed by atoms with van der Waals surface area (Å²) in [5, 5.41) is 0. The fraction of sp³-hybridized carbons (Fsp3) is 0.391. The predicted octanol–water partition coefficient (Wildman–Crippen LogP) is 4.12. The predicted molar refractivity (Wildman–Crippen MR) is 103 cm³/mol. The lowest BCUT2D eigenvalue weighted by atomic mass is 9.94. The number of allylic oxidation sites excluding steroid dienone is 6. The van der Waals surface area contributed by atoms with Crippen LogP contribution in [0.15, 0.2) is 71.9 Å². The first-order valence-corrected chi connectivity index (χ1v) is 9.47. The molecule has 4 heteroatoms. The van der Waals surface area contributed by atoms with E-state index in [1.165, 1.54) is 0 Å². The molecule has 4 rings (SSSR count). The number of hydrogen-bond donors (Lipinski definition) is 0. The summed E-state index contributed by atoms with van der Waals surface area (Å²) in [6.45, 7) is 3.76. The van der Waals surface area contributed by atoms with E-state index in [0.717, 1.165) is 6.42 Å². The molecule has 4 nitrogen and oxygen atoms in total. The van der Waals surface area contributed by atoms with Crippen LogP contribution >= 0.6 is 0 Å². The molecule has 0 spiro atoms. The molecule has 27 heavy (non-hydrogen) atoms. The summed E-state index contributed by atoms with van der Waals surface area (Å²) in [6.07, 6.45) is 21.3. The zero-order valence-corrected chi connectivity index (χ0v) is 15.7. The number of hydrogen-bond acceptors (Lipinski definition) is 4. The van der Waals surface area contributed by atoms with Crippen LogP contribution in [-0.2, 0) is 19.1 Å². The van der Waals surface area contributed by atoms with Crippen molar-refractivity contribution in [1.82, 2.24) is 0 Å². The number of carbonyl (C=O) groups is 2. The van der Waals surface area contributed by atoms with Crippen LogP contribution < -0.4 is 0 Å². The van der Waals surface area contributed by atoms with Gasteiger partial charge in [0.2, 0.25) is 0 Å². The van der Waals surface area contributed by atoms with E-state index in [0.29, 0.717) is 24.0 Å². The van der Waals surface area contributed by atoms with Gasteiger partial charge in [-0.25, -0.2) is 9.59 Å². The van der Waals surface area contributed by atoms with Crippen molar-refractivity contribution in [2.75, 3.05) is 0 Å². The Labute approximate surface area is 159 Å². The van der Waals surface area contributed by atoms with Crippen LogP contribution in [0, 0.1) is 11.8 Å². The molecule has 0 aromatic carbocycles. The van der Waals surface area contributed by atoms with Crippen LogP contribution in [-0.4, -0.2) is 23.1 Å². The van der Waals surface area contributed by atoms with Gasteiger partial charge in [-0.3, -0.25) is 0 Å². The highest BCUT2D eigenvalue weighted by molar-refractivity contribution is 6.03. The van der Waals surface area contributed by atoms with Gasteiger partial charge in [0.15, 0.2) is 0 Å². The monoisotopic (exact) mass is 364 g/mol. The Morgan fingerprint density at radius 1 is 0.815 bits per heavy atom. The zero-order chi connectivity index (χ0) is 19.1. The topological polar surface area (TPSA) is 52.6 Å². The first kappa shape index (κ1) is 17.8. The third kappa shape index (κ3) is 3.36. The second-order valence-electron chi connectivity index (χ2n) is 8.05. The van der Waals surface area contributed by atoms with Gasteiger partial charge in [-0.15, -0.1) is 0 Å².